The van der Waals surface area contributed by atoms with E-state index in [-0.39, 0.29) is 0 Å². The SMILES string of the molecule is COc1cc(-c2cncc(-c3ccc(N4CCNCC4)cc3)c2C#N)cc(OC)c1OC. The Bertz CT molecular complexity index is 1110. The summed E-state index contributed by atoms with van der Waals surface area (Å²) in [4.78, 5) is 6.79. The molecule has 1 saturated heterocycles. The van der Waals surface area contributed by atoms with Crippen LogP contribution in [0, 0.1) is 11.3 Å². The van der Waals surface area contributed by atoms with Gasteiger partial charge in [-0.3, -0.25) is 4.98 Å². The molecule has 164 valence electrons. The first-order valence-corrected chi connectivity index (χ1v) is 10.4. The Kier molecular flexibility index (Phi) is 6.43. The van der Waals surface area contributed by atoms with E-state index < -0.39 is 0 Å². The van der Waals surface area contributed by atoms with E-state index in [0.29, 0.717) is 28.4 Å². The predicted octanol–water partition coefficient (Wildman–Crippen LogP) is 3.72. The van der Waals surface area contributed by atoms with Crippen molar-refractivity contribution >= 4 is 5.69 Å². The number of hydrogen-bond donors (Lipinski definition) is 1. The number of piperazine rings is 1. The molecule has 1 N–H and O–H groups in total. The van der Waals surface area contributed by atoms with Crippen LogP contribution < -0.4 is 24.4 Å². The number of anilines is 1. The van der Waals surface area contributed by atoms with Crippen LogP contribution >= 0.6 is 0 Å². The molecule has 32 heavy (non-hydrogen) atoms. The summed E-state index contributed by atoms with van der Waals surface area (Å²) < 4.78 is 16.4. The normalized spacial score (nSPS) is 13.4. The third-order valence-corrected chi connectivity index (χ3v) is 5.69. The van der Waals surface area contributed by atoms with Gasteiger partial charge in [0.1, 0.15) is 6.07 Å². The van der Waals surface area contributed by atoms with Crippen molar-refractivity contribution in [2.45, 2.75) is 0 Å². The standard InChI is InChI=1S/C25H26N4O3/c1-30-23-12-18(13-24(31-2)25(23)32-3)22-16-28-15-21(20(22)14-26)17-4-6-19(7-5-17)29-10-8-27-9-11-29/h4-7,12-13,15-16,27H,8-11H2,1-3H3. The Balaban J connectivity index is 1.76. The molecule has 0 radical (unpaired) electrons. The average molecular weight is 431 g/mol. The zero-order valence-electron chi connectivity index (χ0n) is 18.5. The monoisotopic (exact) mass is 430 g/mol. The molecule has 2 heterocycles. The summed E-state index contributed by atoms with van der Waals surface area (Å²) in [5.41, 5.74) is 4.93. The van der Waals surface area contributed by atoms with E-state index in [1.165, 1.54) is 5.69 Å². The molecule has 1 aromatic heterocycles. The third kappa shape index (κ3) is 4.05. The summed E-state index contributed by atoms with van der Waals surface area (Å²) in [7, 11) is 4.70. The van der Waals surface area contributed by atoms with E-state index in [0.717, 1.165) is 42.9 Å². The fraction of sp³-hybridized carbons (Fsp3) is 0.280. The molecule has 7 nitrogen and oxygen atoms in total. The highest BCUT2D eigenvalue weighted by atomic mass is 16.5. The Labute approximate surface area is 188 Å². The topological polar surface area (TPSA) is 79.6 Å². The molecular weight excluding hydrogens is 404 g/mol. The molecule has 0 aliphatic carbocycles. The van der Waals surface area contributed by atoms with Gasteiger partial charge in [-0.25, -0.2) is 0 Å². The largest absolute Gasteiger partial charge is 0.493 e. The number of nitriles is 1. The first-order valence-electron chi connectivity index (χ1n) is 10.4. The summed E-state index contributed by atoms with van der Waals surface area (Å²) in [6.07, 6.45) is 3.43. The van der Waals surface area contributed by atoms with Crippen molar-refractivity contribution < 1.29 is 14.2 Å². The van der Waals surface area contributed by atoms with Crippen LogP contribution in [0.2, 0.25) is 0 Å². The zero-order chi connectivity index (χ0) is 22.5. The highest BCUT2D eigenvalue weighted by Gasteiger charge is 2.19. The van der Waals surface area contributed by atoms with Crippen molar-refractivity contribution in [1.29, 1.82) is 5.26 Å². The molecule has 0 bridgehead atoms. The molecule has 1 fully saturated rings. The van der Waals surface area contributed by atoms with Crippen molar-refractivity contribution in [3.05, 3.63) is 54.4 Å². The van der Waals surface area contributed by atoms with Crippen LogP contribution in [0.4, 0.5) is 5.69 Å². The van der Waals surface area contributed by atoms with E-state index in [4.69, 9.17) is 14.2 Å². The molecule has 3 aromatic rings. The van der Waals surface area contributed by atoms with Crippen LogP contribution in [-0.4, -0.2) is 52.5 Å². The fourth-order valence-electron chi connectivity index (χ4n) is 4.03. The van der Waals surface area contributed by atoms with Crippen LogP contribution in [0.15, 0.2) is 48.8 Å². The number of nitrogens with zero attached hydrogens (tertiary/aromatic N) is 3. The highest BCUT2D eigenvalue weighted by Crippen LogP contribution is 2.42. The second kappa shape index (κ2) is 9.58. The van der Waals surface area contributed by atoms with Gasteiger partial charge in [0.05, 0.1) is 26.9 Å². The minimum Gasteiger partial charge on any atom is -0.493 e. The van der Waals surface area contributed by atoms with Crippen molar-refractivity contribution in [1.82, 2.24) is 10.3 Å². The maximum Gasteiger partial charge on any atom is 0.203 e. The first kappa shape index (κ1) is 21.5. The van der Waals surface area contributed by atoms with Gasteiger partial charge in [0.2, 0.25) is 5.75 Å². The van der Waals surface area contributed by atoms with Gasteiger partial charge in [0, 0.05) is 55.4 Å². The van der Waals surface area contributed by atoms with Gasteiger partial charge in [-0.2, -0.15) is 5.26 Å². The lowest BCUT2D eigenvalue weighted by atomic mass is 9.94. The summed E-state index contributed by atoms with van der Waals surface area (Å²) in [5, 5.41) is 13.4. The van der Waals surface area contributed by atoms with E-state index in [1.54, 1.807) is 33.7 Å². The molecule has 0 atom stereocenters. The second-order valence-corrected chi connectivity index (χ2v) is 7.42. The second-order valence-electron chi connectivity index (χ2n) is 7.42. The Morgan fingerprint density at radius 1 is 0.875 bits per heavy atom. The van der Waals surface area contributed by atoms with Crippen LogP contribution in [0.5, 0.6) is 17.2 Å². The smallest absolute Gasteiger partial charge is 0.203 e. The molecule has 1 aliphatic rings. The van der Waals surface area contributed by atoms with Crippen molar-refractivity contribution in [3.8, 4) is 45.6 Å². The Morgan fingerprint density at radius 2 is 1.47 bits per heavy atom. The fourth-order valence-corrected chi connectivity index (χ4v) is 4.03. The molecule has 2 aromatic carbocycles. The first-order chi connectivity index (χ1) is 15.7. The Hall–Kier alpha value is -3.76. The number of pyridine rings is 1. The van der Waals surface area contributed by atoms with Crippen molar-refractivity contribution in [2.75, 3.05) is 52.4 Å². The van der Waals surface area contributed by atoms with Gasteiger partial charge in [-0.15, -0.1) is 0 Å². The molecule has 7 heteroatoms. The van der Waals surface area contributed by atoms with E-state index in [2.05, 4.69) is 33.4 Å². The van der Waals surface area contributed by atoms with Crippen LogP contribution in [-0.2, 0) is 0 Å². The van der Waals surface area contributed by atoms with Crippen LogP contribution in [0.25, 0.3) is 22.3 Å². The highest BCUT2D eigenvalue weighted by molar-refractivity contribution is 5.83. The zero-order valence-corrected chi connectivity index (χ0v) is 18.5. The van der Waals surface area contributed by atoms with E-state index >= 15 is 0 Å². The van der Waals surface area contributed by atoms with Gasteiger partial charge < -0.3 is 24.4 Å². The molecule has 0 saturated carbocycles. The number of aromatic nitrogens is 1. The number of ether oxygens (including phenoxy) is 3. The Morgan fingerprint density at radius 3 is 2.00 bits per heavy atom. The van der Waals surface area contributed by atoms with Gasteiger partial charge in [0.25, 0.3) is 0 Å². The lowest BCUT2D eigenvalue weighted by Gasteiger charge is -2.29. The summed E-state index contributed by atoms with van der Waals surface area (Å²) >= 11 is 0. The molecule has 1 aliphatic heterocycles. The minimum atomic E-state index is 0.505. The summed E-state index contributed by atoms with van der Waals surface area (Å²) in [6, 6.07) is 14.3. The number of benzene rings is 2. The molecular formula is C25H26N4O3. The van der Waals surface area contributed by atoms with Crippen molar-refractivity contribution in [2.24, 2.45) is 0 Å². The third-order valence-electron chi connectivity index (χ3n) is 5.69. The van der Waals surface area contributed by atoms with Gasteiger partial charge >= 0.3 is 0 Å². The maximum atomic E-state index is 10.1. The van der Waals surface area contributed by atoms with E-state index in [1.807, 2.05) is 24.3 Å². The van der Waals surface area contributed by atoms with Crippen LogP contribution in [0.3, 0.4) is 0 Å². The van der Waals surface area contributed by atoms with Crippen LogP contribution in [0.1, 0.15) is 5.56 Å². The number of methoxy groups -OCH3 is 3. The predicted molar refractivity (Wildman–Crippen MR) is 125 cm³/mol. The lowest BCUT2D eigenvalue weighted by Crippen LogP contribution is -2.43. The van der Waals surface area contributed by atoms with Gasteiger partial charge in [0.15, 0.2) is 11.5 Å². The number of hydrogen-bond acceptors (Lipinski definition) is 7. The lowest BCUT2D eigenvalue weighted by molar-refractivity contribution is 0.324. The summed E-state index contributed by atoms with van der Waals surface area (Å²) in [5.74, 6) is 1.55. The van der Waals surface area contributed by atoms with Gasteiger partial charge in [-0.05, 0) is 35.4 Å². The van der Waals surface area contributed by atoms with E-state index in [9.17, 15) is 5.26 Å². The number of nitrogens with one attached hydrogen (secondary N) is 1. The summed E-state index contributed by atoms with van der Waals surface area (Å²) in [6.45, 7) is 3.95. The molecule has 0 spiro atoms. The molecule has 4 rings (SSSR count). The average Bonchev–Trinajstić information content (AvgIpc) is 2.87. The van der Waals surface area contributed by atoms with Gasteiger partial charge in [-0.1, -0.05) is 12.1 Å². The maximum absolute atomic E-state index is 10.1. The molecule has 0 unspecified atom stereocenters. The molecule has 0 amide bonds. The minimum absolute atomic E-state index is 0.505. The van der Waals surface area contributed by atoms with Crippen molar-refractivity contribution in [3.63, 3.8) is 0 Å². The number of rotatable bonds is 6. The quantitative estimate of drug-likeness (QED) is 0.638.